The normalized spacial score (nSPS) is 21.4. The molecule has 0 bridgehead atoms. The summed E-state index contributed by atoms with van der Waals surface area (Å²) in [5, 5.41) is 11.8. The summed E-state index contributed by atoms with van der Waals surface area (Å²) in [6, 6.07) is 17.0. The van der Waals surface area contributed by atoms with Crippen molar-refractivity contribution in [1.29, 1.82) is 0 Å². The minimum Gasteiger partial charge on any atom is -0.462 e. The van der Waals surface area contributed by atoms with Crippen LogP contribution in [0, 0.1) is 5.92 Å². The Labute approximate surface area is 295 Å². The molecular formula is C41H68O5Si2. The van der Waals surface area contributed by atoms with E-state index in [0.717, 1.165) is 31.2 Å². The number of carbonyl (C=O) groups excluding carboxylic acids is 1. The molecule has 1 aliphatic carbocycles. The van der Waals surface area contributed by atoms with Gasteiger partial charge in [-0.2, -0.15) is 0 Å². The SMILES string of the molecule is CCCCCC(O[Si](C)(C)C(C)(C)C)c1ccc([C@@H]2[C@@H](CCCc3cccc(C(=O)OCC)c3)[C@@H](O)C[C@@H]2O[Si](C)(C)C(C)(C)C)cc1. The van der Waals surface area contributed by atoms with E-state index in [1.54, 1.807) is 0 Å². The van der Waals surface area contributed by atoms with Gasteiger partial charge in [-0.05, 0) is 110 Å². The van der Waals surface area contributed by atoms with Crippen molar-refractivity contribution in [2.45, 2.75) is 167 Å². The van der Waals surface area contributed by atoms with Gasteiger partial charge in [0.25, 0.3) is 0 Å². The zero-order chi connectivity index (χ0) is 35.9. The van der Waals surface area contributed by atoms with E-state index >= 15 is 0 Å². The second-order valence-electron chi connectivity index (χ2n) is 17.3. The van der Waals surface area contributed by atoms with Crippen molar-refractivity contribution in [2.75, 3.05) is 6.61 Å². The molecule has 5 atom stereocenters. The van der Waals surface area contributed by atoms with Gasteiger partial charge in [-0.3, -0.25) is 0 Å². The minimum absolute atomic E-state index is 0.0206. The van der Waals surface area contributed by atoms with Gasteiger partial charge in [0.1, 0.15) is 0 Å². The maximum atomic E-state index is 12.3. The number of rotatable bonds is 16. The Bertz CT molecular complexity index is 1290. The average Bonchev–Trinajstić information content (AvgIpc) is 3.29. The van der Waals surface area contributed by atoms with Crippen molar-refractivity contribution < 1.29 is 23.5 Å². The smallest absolute Gasteiger partial charge is 0.338 e. The molecule has 2 aromatic rings. The highest BCUT2D eigenvalue weighted by atomic mass is 28.4. The number of ether oxygens (including phenoxy) is 1. The summed E-state index contributed by atoms with van der Waals surface area (Å²) in [7, 11) is -4.03. The van der Waals surface area contributed by atoms with Gasteiger partial charge in [-0.25, -0.2) is 4.79 Å². The summed E-state index contributed by atoms with van der Waals surface area (Å²) in [6.45, 7) is 27.6. The fraction of sp³-hybridized carbons (Fsp3) is 0.683. The molecule has 1 N–H and O–H groups in total. The number of esters is 1. The van der Waals surface area contributed by atoms with Gasteiger partial charge >= 0.3 is 5.97 Å². The van der Waals surface area contributed by atoms with E-state index in [1.165, 1.54) is 30.4 Å². The third-order valence-electron chi connectivity index (χ3n) is 11.5. The van der Waals surface area contributed by atoms with Gasteiger partial charge in [0.2, 0.25) is 0 Å². The minimum atomic E-state index is -2.07. The van der Waals surface area contributed by atoms with Crippen molar-refractivity contribution in [1.82, 2.24) is 0 Å². The number of benzene rings is 2. The van der Waals surface area contributed by atoms with Crippen LogP contribution < -0.4 is 0 Å². The number of aliphatic hydroxyl groups excluding tert-OH is 1. The first-order valence-electron chi connectivity index (χ1n) is 18.7. The van der Waals surface area contributed by atoms with Gasteiger partial charge in [0.05, 0.1) is 30.5 Å². The maximum Gasteiger partial charge on any atom is 0.338 e. The lowest BCUT2D eigenvalue weighted by Gasteiger charge is -2.40. The zero-order valence-electron chi connectivity index (χ0n) is 32.4. The van der Waals surface area contributed by atoms with Gasteiger partial charge in [-0.1, -0.05) is 104 Å². The molecule has 0 spiro atoms. The number of unbranched alkanes of at least 4 members (excludes halogenated alkanes) is 2. The van der Waals surface area contributed by atoms with Crippen LogP contribution in [0.1, 0.15) is 139 Å². The van der Waals surface area contributed by atoms with Crippen molar-refractivity contribution >= 4 is 22.6 Å². The molecule has 0 aromatic heterocycles. The fourth-order valence-corrected chi connectivity index (χ4v) is 9.21. The van der Waals surface area contributed by atoms with Crippen LogP contribution in [0.25, 0.3) is 0 Å². The molecular weight excluding hydrogens is 629 g/mol. The Morgan fingerprint density at radius 2 is 1.54 bits per heavy atom. The second-order valence-corrected chi connectivity index (χ2v) is 26.8. The molecule has 7 heteroatoms. The quantitative estimate of drug-likeness (QED) is 0.107. The fourth-order valence-electron chi connectivity index (χ4n) is 6.53. The molecule has 0 aliphatic heterocycles. The summed E-state index contributed by atoms with van der Waals surface area (Å²) in [5.74, 6) is -0.0569. The van der Waals surface area contributed by atoms with E-state index in [-0.39, 0.29) is 40.1 Å². The molecule has 270 valence electrons. The van der Waals surface area contributed by atoms with Crippen LogP contribution in [0.15, 0.2) is 48.5 Å². The van der Waals surface area contributed by atoms with Crippen molar-refractivity contribution in [3.05, 3.63) is 70.8 Å². The van der Waals surface area contributed by atoms with E-state index in [4.69, 9.17) is 13.6 Å². The highest BCUT2D eigenvalue weighted by Crippen LogP contribution is 2.48. The van der Waals surface area contributed by atoms with E-state index in [0.29, 0.717) is 18.6 Å². The number of hydrogen-bond acceptors (Lipinski definition) is 5. The predicted molar refractivity (Wildman–Crippen MR) is 206 cm³/mol. The molecule has 1 unspecified atom stereocenters. The molecule has 3 rings (SSSR count). The number of aliphatic hydroxyl groups is 1. The van der Waals surface area contributed by atoms with Gasteiger partial charge in [-0.15, -0.1) is 0 Å². The van der Waals surface area contributed by atoms with E-state index in [2.05, 4.69) is 105 Å². The molecule has 2 aromatic carbocycles. The van der Waals surface area contributed by atoms with Crippen molar-refractivity contribution in [2.24, 2.45) is 5.92 Å². The Hall–Kier alpha value is -1.78. The molecule has 0 amide bonds. The first-order valence-corrected chi connectivity index (χ1v) is 24.5. The molecule has 0 radical (unpaired) electrons. The topological polar surface area (TPSA) is 65.0 Å². The lowest BCUT2D eigenvalue weighted by Crippen LogP contribution is -2.44. The summed E-state index contributed by atoms with van der Waals surface area (Å²) >= 11 is 0. The van der Waals surface area contributed by atoms with Crippen LogP contribution in [0.3, 0.4) is 0 Å². The van der Waals surface area contributed by atoms with Gasteiger partial charge in [0.15, 0.2) is 16.6 Å². The molecule has 0 heterocycles. The van der Waals surface area contributed by atoms with Crippen LogP contribution >= 0.6 is 0 Å². The number of aryl methyl sites for hydroxylation is 1. The lowest BCUT2D eigenvalue weighted by molar-refractivity contribution is 0.0526. The third kappa shape index (κ3) is 10.6. The van der Waals surface area contributed by atoms with Crippen LogP contribution in [-0.4, -0.2) is 46.5 Å². The Morgan fingerprint density at radius 3 is 2.12 bits per heavy atom. The number of hydrogen-bond donors (Lipinski definition) is 1. The first kappa shape index (κ1) is 40.7. The predicted octanol–water partition coefficient (Wildman–Crippen LogP) is 11.4. The molecule has 48 heavy (non-hydrogen) atoms. The van der Waals surface area contributed by atoms with Gasteiger partial charge < -0.3 is 18.7 Å². The molecule has 1 aliphatic rings. The molecule has 1 fully saturated rings. The molecule has 5 nitrogen and oxygen atoms in total. The van der Waals surface area contributed by atoms with Crippen LogP contribution in [-0.2, 0) is 20.0 Å². The zero-order valence-corrected chi connectivity index (χ0v) is 34.4. The van der Waals surface area contributed by atoms with E-state index in [1.807, 2.05) is 25.1 Å². The second kappa shape index (κ2) is 17.0. The summed E-state index contributed by atoms with van der Waals surface area (Å²) in [5.41, 5.74) is 4.24. The third-order valence-corrected chi connectivity index (χ3v) is 20.5. The van der Waals surface area contributed by atoms with Crippen molar-refractivity contribution in [3.8, 4) is 0 Å². The van der Waals surface area contributed by atoms with Crippen LogP contribution in [0.4, 0.5) is 0 Å². The largest absolute Gasteiger partial charge is 0.462 e. The van der Waals surface area contributed by atoms with E-state index in [9.17, 15) is 9.90 Å². The average molecular weight is 697 g/mol. The maximum absolute atomic E-state index is 12.3. The number of carbonyl (C=O) groups is 1. The van der Waals surface area contributed by atoms with Crippen molar-refractivity contribution in [3.63, 3.8) is 0 Å². The molecule has 0 saturated heterocycles. The first-order chi connectivity index (χ1) is 22.3. The van der Waals surface area contributed by atoms with E-state index < -0.39 is 22.7 Å². The highest BCUT2D eigenvalue weighted by molar-refractivity contribution is 6.74. The monoisotopic (exact) mass is 696 g/mol. The van der Waals surface area contributed by atoms with Gasteiger partial charge in [0, 0.05) is 5.92 Å². The van der Waals surface area contributed by atoms with Crippen LogP contribution in [0.5, 0.6) is 0 Å². The lowest BCUT2D eigenvalue weighted by atomic mass is 9.83. The standard InChI is InChI=1S/C41H68O5Si2/c1-13-15-16-23-36(45-47(9,10)40(3,4)5)31-24-26-32(27-25-31)38-34(35(42)29-37(38)46-48(11,12)41(6,7)8)22-18-20-30-19-17-21-33(28-30)39(43)44-14-2/h17,19,21,24-28,34-38,42H,13-16,18,20,22-23,29H2,1-12H3/t34-,35-,36?,37-,38+/m0/s1. The summed E-state index contributed by atoms with van der Waals surface area (Å²) < 4.78 is 19.4. The Morgan fingerprint density at radius 1 is 0.896 bits per heavy atom. The Balaban J connectivity index is 1.89. The van der Waals surface area contributed by atoms with Crippen LogP contribution in [0.2, 0.25) is 36.3 Å². The Kier molecular flexibility index (Phi) is 14.4. The summed E-state index contributed by atoms with van der Waals surface area (Å²) in [6.07, 6.45) is 7.61. The highest BCUT2D eigenvalue weighted by Gasteiger charge is 2.48. The molecule has 1 saturated carbocycles. The summed E-state index contributed by atoms with van der Waals surface area (Å²) in [4.78, 5) is 12.3.